The fourth-order valence-electron chi connectivity index (χ4n) is 0.578. The van der Waals surface area contributed by atoms with Crippen molar-refractivity contribution in [3.8, 4) is 0 Å². The molecule has 0 aromatic rings. The minimum atomic E-state index is -0.902. The Labute approximate surface area is 58.7 Å². The molecule has 0 unspecified atom stereocenters. The van der Waals surface area contributed by atoms with E-state index < -0.39 is 5.97 Å². The quantitative estimate of drug-likeness (QED) is 0.312. The highest BCUT2D eigenvalue weighted by Crippen LogP contribution is 1.87. The van der Waals surface area contributed by atoms with E-state index in [1.807, 2.05) is 0 Å². The van der Waals surface area contributed by atoms with Crippen LogP contribution in [0, 0.1) is 5.41 Å². The normalized spacial score (nSPS) is 12.1. The molecule has 0 saturated heterocycles. The van der Waals surface area contributed by atoms with Crippen molar-refractivity contribution in [1.29, 1.82) is 5.41 Å². The molecule has 0 amide bonds. The third-order valence-electron chi connectivity index (χ3n) is 0.883. The molecule has 0 aromatic carbocycles. The van der Waals surface area contributed by atoms with Gasteiger partial charge in [0.15, 0.2) is 5.96 Å². The zero-order chi connectivity index (χ0) is 8.15. The van der Waals surface area contributed by atoms with Gasteiger partial charge in [-0.2, -0.15) is 0 Å². The molecule has 0 aliphatic heterocycles. The Bertz CT molecular complexity index is 130. The number of nitrogens with two attached hydrogens (primary N) is 1. The molecule has 5 nitrogen and oxygen atoms in total. The van der Waals surface area contributed by atoms with Gasteiger partial charge in [-0.3, -0.25) is 10.2 Å². The largest absolute Gasteiger partial charge is 0.481 e. The van der Waals surface area contributed by atoms with Gasteiger partial charge in [0.2, 0.25) is 0 Å². The summed E-state index contributed by atoms with van der Waals surface area (Å²) in [6.07, 6.45) is -0.0282. The van der Waals surface area contributed by atoms with Gasteiger partial charge in [-0.25, -0.2) is 0 Å². The maximum Gasteiger partial charge on any atom is 0.305 e. The van der Waals surface area contributed by atoms with Crippen molar-refractivity contribution in [2.75, 3.05) is 0 Å². The topological polar surface area (TPSA) is 99.2 Å². The molecule has 5 heteroatoms. The summed E-state index contributed by atoms with van der Waals surface area (Å²) in [7, 11) is 0. The number of carboxylic acid groups (broad SMARTS) is 1. The number of aliphatic carboxylic acids is 1. The molecule has 0 saturated carbocycles. The zero-order valence-electron chi connectivity index (χ0n) is 5.72. The molecule has 1 atom stereocenters. The van der Waals surface area contributed by atoms with Crippen LogP contribution in [0.5, 0.6) is 0 Å². The molecule has 0 aliphatic carbocycles. The van der Waals surface area contributed by atoms with E-state index in [4.69, 9.17) is 16.2 Å². The first-order valence-electron chi connectivity index (χ1n) is 2.84. The van der Waals surface area contributed by atoms with Crippen LogP contribution < -0.4 is 11.1 Å². The van der Waals surface area contributed by atoms with Gasteiger partial charge in [0.1, 0.15) is 0 Å². The van der Waals surface area contributed by atoms with E-state index in [0.717, 1.165) is 0 Å². The van der Waals surface area contributed by atoms with Crippen molar-refractivity contribution in [1.82, 2.24) is 5.32 Å². The first-order valence-corrected chi connectivity index (χ1v) is 2.84. The third kappa shape index (κ3) is 4.89. The Balaban J connectivity index is 3.53. The van der Waals surface area contributed by atoms with E-state index in [1.165, 1.54) is 0 Å². The predicted molar refractivity (Wildman–Crippen MR) is 36.8 cm³/mol. The lowest BCUT2D eigenvalue weighted by molar-refractivity contribution is -0.137. The van der Waals surface area contributed by atoms with Crippen molar-refractivity contribution < 1.29 is 9.90 Å². The summed E-state index contributed by atoms with van der Waals surface area (Å²) in [5.74, 6) is -1.10. The standard InChI is InChI=1S/C5H11N3O2/c1-3(2-4(9)10)8-5(6)7/h3H,2H2,1H3,(H,9,10)(H4,6,7,8)/t3-/m0/s1. The Hall–Kier alpha value is -1.26. The van der Waals surface area contributed by atoms with E-state index in [9.17, 15) is 4.79 Å². The summed E-state index contributed by atoms with van der Waals surface area (Å²) in [5.41, 5.74) is 4.95. The monoisotopic (exact) mass is 145 g/mol. The number of hydrogen-bond donors (Lipinski definition) is 4. The number of carboxylic acids is 1. The van der Waals surface area contributed by atoms with Gasteiger partial charge in [0.05, 0.1) is 6.42 Å². The lowest BCUT2D eigenvalue weighted by atomic mass is 10.2. The van der Waals surface area contributed by atoms with Crippen molar-refractivity contribution >= 4 is 11.9 Å². The summed E-state index contributed by atoms with van der Waals surface area (Å²) < 4.78 is 0. The van der Waals surface area contributed by atoms with Crippen LogP contribution in [0.4, 0.5) is 0 Å². The second-order valence-electron chi connectivity index (χ2n) is 2.06. The number of carbonyl (C=O) groups is 1. The summed E-state index contributed by atoms with van der Waals surface area (Å²) in [5, 5.41) is 17.4. The molecule has 0 aromatic heterocycles. The molecule has 0 heterocycles. The van der Waals surface area contributed by atoms with Crippen LogP contribution in [0.1, 0.15) is 13.3 Å². The Kier molecular flexibility index (Phi) is 3.24. The Morgan fingerprint density at radius 1 is 1.90 bits per heavy atom. The van der Waals surface area contributed by atoms with Gasteiger partial charge >= 0.3 is 5.97 Å². The summed E-state index contributed by atoms with van der Waals surface area (Å²) in [6.45, 7) is 1.65. The average Bonchev–Trinajstić information content (AvgIpc) is 1.58. The van der Waals surface area contributed by atoms with Gasteiger partial charge in [-0.1, -0.05) is 0 Å². The van der Waals surface area contributed by atoms with Crippen LogP contribution in [-0.2, 0) is 4.79 Å². The summed E-state index contributed by atoms with van der Waals surface area (Å²) in [4.78, 5) is 10.0. The van der Waals surface area contributed by atoms with Crippen LogP contribution in [0.3, 0.4) is 0 Å². The lowest BCUT2D eigenvalue weighted by Gasteiger charge is -2.09. The number of rotatable bonds is 3. The fraction of sp³-hybridized carbons (Fsp3) is 0.600. The summed E-state index contributed by atoms with van der Waals surface area (Å²) >= 11 is 0. The molecule has 10 heavy (non-hydrogen) atoms. The highest BCUT2D eigenvalue weighted by Gasteiger charge is 2.05. The molecule has 58 valence electrons. The van der Waals surface area contributed by atoms with Gasteiger partial charge in [0.25, 0.3) is 0 Å². The second kappa shape index (κ2) is 3.71. The predicted octanol–water partition coefficient (Wildman–Crippen LogP) is -0.667. The lowest BCUT2D eigenvalue weighted by Crippen LogP contribution is -2.38. The van der Waals surface area contributed by atoms with Crippen LogP contribution in [0.2, 0.25) is 0 Å². The molecule has 5 N–H and O–H groups in total. The molecule has 0 rings (SSSR count). The number of hydrogen-bond acceptors (Lipinski definition) is 2. The van der Waals surface area contributed by atoms with Crippen LogP contribution in [-0.4, -0.2) is 23.1 Å². The first-order chi connectivity index (χ1) is 4.52. The van der Waals surface area contributed by atoms with E-state index in [-0.39, 0.29) is 18.4 Å². The molecule has 0 aliphatic rings. The third-order valence-corrected chi connectivity index (χ3v) is 0.883. The van der Waals surface area contributed by atoms with Crippen LogP contribution in [0.25, 0.3) is 0 Å². The molecular formula is C5H11N3O2. The van der Waals surface area contributed by atoms with Gasteiger partial charge in [-0.15, -0.1) is 0 Å². The maximum atomic E-state index is 10.0. The fourth-order valence-corrected chi connectivity index (χ4v) is 0.578. The highest BCUT2D eigenvalue weighted by atomic mass is 16.4. The van der Waals surface area contributed by atoms with Crippen molar-refractivity contribution in [2.45, 2.75) is 19.4 Å². The zero-order valence-corrected chi connectivity index (χ0v) is 5.72. The summed E-state index contributed by atoms with van der Waals surface area (Å²) in [6, 6.07) is -0.282. The molecule has 0 bridgehead atoms. The van der Waals surface area contributed by atoms with Gasteiger partial charge in [0, 0.05) is 6.04 Å². The SMILES string of the molecule is C[C@@H](CC(=O)O)NC(=N)N. The highest BCUT2D eigenvalue weighted by molar-refractivity contribution is 5.75. The van der Waals surface area contributed by atoms with E-state index >= 15 is 0 Å². The molecule has 0 spiro atoms. The van der Waals surface area contributed by atoms with E-state index in [2.05, 4.69) is 5.32 Å². The second-order valence-corrected chi connectivity index (χ2v) is 2.06. The van der Waals surface area contributed by atoms with Crippen molar-refractivity contribution in [3.05, 3.63) is 0 Å². The van der Waals surface area contributed by atoms with Crippen molar-refractivity contribution in [3.63, 3.8) is 0 Å². The van der Waals surface area contributed by atoms with Gasteiger partial charge < -0.3 is 16.2 Å². The average molecular weight is 145 g/mol. The van der Waals surface area contributed by atoms with Crippen LogP contribution >= 0.6 is 0 Å². The first kappa shape index (κ1) is 8.74. The van der Waals surface area contributed by atoms with E-state index in [0.29, 0.717) is 0 Å². The molecular weight excluding hydrogens is 134 g/mol. The smallest absolute Gasteiger partial charge is 0.305 e. The number of guanidine groups is 1. The Morgan fingerprint density at radius 3 is 2.70 bits per heavy atom. The molecule has 0 radical (unpaired) electrons. The number of nitrogens with one attached hydrogen (secondary N) is 2. The Morgan fingerprint density at radius 2 is 2.40 bits per heavy atom. The van der Waals surface area contributed by atoms with E-state index in [1.54, 1.807) is 6.92 Å². The minimum Gasteiger partial charge on any atom is -0.481 e. The van der Waals surface area contributed by atoms with Crippen molar-refractivity contribution in [2.24, 2.45) is 5.73 Å². The van der Waals surface area contributed by atoms with Gasteiger partial charge in [-0.05, 0) is 6.92 Å². The maximum absolute atomic E-state index is 10.0. The van der Waals surface area contributed by atoms with Crippen LogP contribution in [0.15, 0.2) is 0 Å². The minimum absolute atomic E-state index is 0.0282. The molecule has 0 fully saturated rings.